The number of anilines is 2. The number of hydrogen-bond donors (Lipinski definition) is 5. The van der Waals surface area contributed by atoms with Crippen molar-refractivity contribution in [2.45, 2.75) is 0 Å². The van der Waals surface area contributed by atoms with Crippen molar-refractivity contribution in [2.24, 2.45) is 0 Å². The van der Waals surface area contributed by atoms with Crippen molar-refractivity contribution in [1.82, 2.24) is 19.9 Å². The maximum absolute atomic E-state index is 9.29. The summed E-state index contributed by atoms with van der Waals surface area (Å²) in [4.78, 5) is 13.8. The third kappa shape index (κ3) is 4.78. The van der Waals surface area contributed by atoms with Crippen LogP contribution in [0.4, 0.5) is 11.5 Å². The van der Waals surface area contributed by atoms with Gasteiger partial charge in [-0.05, 0) is 34.1 Å². The number of aromatic nitrogens is 4. The average molecular weight is 393 g/mol. The molecule has 24 heavy (non-hydrogen) atoms. The maximum Gasteiger partial charge on any atom is 0.172 e. The van der Waals surface area contributed by atoms with Crippen molar-refractivity contribution in [3.63, 3.8) is 0 Å². The number of ether oxygens (including phenoxy) is 1. The predicted octanol–water partition coefficient (Wildman–Crippen LogP) is 2.63. The van der Waals surface area contributed by atoms with E-state index in [0.29, 0.717) is 27.6 Å². The van der Waals surface area contributed by atoms with Gasteiger partial charge in [-0.15, -0.1) is 0 Å². The number of hydrogen-bond acceptors (Lipinski definition) is 6. The number of nitrogens with two attached hydrogens (primary N) is 2. The van der Waals surface area contributed by atoms with Crippen LogP contribution in [0.1, 0.15) is 11.6 Å². The molecule has 0 spiro atoms. The molecule has 0 aliphatic heterocycles. The van der Waals surface area contributed by atoms with E-state index >= 15 is 0 Å². The second-order valence-corrected chi connectivity index (χ2v) is 5.44. The smallest absolute Gasteiger partial charge is 0.172 e. The summed E-state index contributed by atoms with van der Waals surface area (Å²) in [5.41, 5.74) is 11.5. The van der Waals surface area contributed by atoms with Gasteiger partial charge < -0.3 is 31.3 Å². The molecule has 0 atom stereocenters. The molecule has 0 saturated heterocycles. The van der Waals surface area contributed by atoms with Crippen molar-refractivity contribution in [2.75, 3.05) is 18.6 Å². The third-order valence-electron chi connectivity index (χ3n) is 2.80. The number of imidazole rings is 2. The summed E-state index contributed by atoms with van der Waals surface area (Å²) in [7, 11) is 1.47. The highest BCUT2D eigenvalue weighted by Gasteiger charge is 2.05. The Kier molecular flexibility index (Phi) is 5.85. The zero-order valence-corrected chi connectivity index (χ0v) is 14.4. The van der Waals surface area contributed by atoms with E-state index in [-0.39, 0.29) is 5.75 Å². The molecule has 7 N–H and O–H groups in total. The van der Waals surface area contributed by atoms with Crippen LogP contribution in [-0.4, -0.2) is 32.2 Å². The molecule has 0 aliphatic rings. The van der Waals surface area contributed by atoms with Crippen LogP contribution >= 0.6 is 15.9 Å². The number of phenolic OH excluding ortho intramolecular Hbond substituents is 1. The Balaban J connectivity index is 0.000000177. The number of nitrogen functional groups attached to an aromatic ring is 2. The summed E-state index contributed by atoms with van der Waals surface area (Å²) >= 11 is 3.13. The molecule has 0 radical (unpaired) electrons. The summed E-state index contributed by atoms with van der Waals surface area (Å²) < 4.78 is 5.38. The van der Waals surface area contributed by atoms with Gasteiger partial charge in [0.2, 0.25) is 0 Å². The molecule has 0 saturated carbocycles. The SMILES string of the molecule is COc1cc(N)cc(Br)c1O.Nc1cnc(/C=C/c2ncc[nH]2)[nH]1. The molecule has 8 nitrogen and oxygen atoms in total. The van der Waals surface area contributed by atoms with Gasteiger partial charge in [0.25, 0.3) is 0 Å². The van der Waals surface area contributed by atoms with Gasteiger partial charge >= 0.3 is 0 Å². The summed E-state index contributed by atoms with van der Waals surface area (Å²) in [6.45, 7) is 0. The fourth-order valence-electron chi connectivity index (χ4n) is 1.71. The summed E-state index contributed by atoms with van der Waals surface area (Å²) in [5.74, 6) is 2.50. The zero-order chi connectivity index (χ0) is 17.5. The van der Waals surface area contributed by atoms with Gasteiger partial charge in [-0.1, -0.05) is 0 Å². The van der Waals surface area contributed by atoms with E-state index in [1.807, 2.05) is 6.08 Å². The van der Waals surface area contributed by atoms with Crippen molar-refractivity contribution < 1.29 is 9.84 Å². The molecule has 0 bridgehead atoms. The standard InChI is InChI=1S/C8H9N5.C7H8BrNO2/c9-6-5-12-8(13-6)2-1-7-10-3-4-11-7;1-11-6-3-4(9)2-5(8)7(6)10/h1-5H,9H2,(H,10,11)(H,12,13);2-3,10H,9H2,1H3/b2-1+;. The number of benzene rings is 1. The Bertz CT molecular complexity index is 813. The maximum atomic E-state index is 9.29. The Hall–Kier alpha value is -2.94. The first kappa shape index (κ1) is 17.4. The highest BCUT2D eigenvalue weighted by molar-refractivity contribution is 9.10. The molecular formula is C15H17BrN6O2. The molecule has 3 aromatic rings. The molecule has 0 amide bonds. The third-order valence-corrected chi connectivity index (χ3v) is 3.41. The van der Waals surface area contributed by atoms with E-state index in [2.05, 4.69) is 35.9 Å². The highest BCUT2D eigenvalue weighted by Crippen LogP contribution is 2.35. The van der Waals surface area contributed by atoms with E-state index in [4.69, 9.17) is 16.2 Å². The lowest BCUT2D eigenvalue weighted by atomic mass is 10.3. The van der Waals surface area contributed by atoms with Crippen molar-refractivity contribution in [3.05, 3.63) is 46.8 Å². The number of nitrogens with one attached hydrogen (secondary N) is 2. The van der Waals surface area contributed by atoms with Crippen LogP contribution in [0, 0.1) is 0 Å². The molecular weight excluding hydrogens is 376 g/mol. The lowest BCUT2D eigenvalue weighted by molar-refractivity contribution is 0.372. The van der Waals surface area contributed by atoms with Gasteiger partial charge in [0.05, 0.1) is 17.8 Å². The quantitative estimate of drug-likeness (QED) is 0.342. The highest BCUT2D eigenvalue weighted by atomic mass is 79.9. The topological polar surface area (TPSA) is 139 Å². The van der Waals surface area contributed by atoms with E-state index in [1.54, 1.807) is 36.8 Å². The molecule has 2 heterocycles. The van der Waals surface area contributed by atoms with E-state index in [9.17, 15) is 5.11 Å². The summed E-state index contributed by atoms with van der Waals surface area (Å²) in [5, 5.41) is 9.29. The van der Waals surface area contributed by atoms with Gasteiger partial charge in [0.1, 0.15) is 17.5 Å². The van der Waals surface area contributed by atoms with Gasteiger partial charge in [-0.25, -0.2) is 9.97 Å². The fourth-order valence-corrected chi connectivity index (χ4v) is 2.17. The molecule has 0 fully saturated rings. The van der Waals surface area contributed by atoms with Crippen LogP contribution in [0.2, 0.25) is 0 Å². The number of aromatic hydroxyl groups is 1. The van der Waals surface area contributed by atoms with Crippen LogP contribution in [0.15, 0.2) is 35.2 Å². The first-order valence-corrected chi connectivity index (χ1v) is 7.58. The largest absolute Gasteiger partial charge is 0.503 e. The minimum Gasteiger partial charge on any atom is -0.503 e. The van der Waals surface area contributed by atoms with Gasteiger partial charge in [0, 0.05) is 24.1 Å². The number of nitrogens with zero attached hydrogens (tertiary/aromatic N) is 2. The van der Waals surface area contributed by atoms with Crippen molar-refractivity contribution in [3.8, 4) is 11.5 Å². The average Bonchev–Trinajstić information content (AvgIpc) is 3.21. The zero-order valence-electron chi connectivity index (χ0n) is 12.8. The number of aromatic amines is 2. The molecule has 0 aliphatic carbocycles. The van der Waals surface area contributed by atoms with Gasteiger partial charge in [0.15, 0.2) is 11.5 Å². The molecule has 9 heteroatoms. The van der Waals surface area contributed by atoms with Crippen LogP contribution in [-0.2, 0) is 0 Å². The first-order chi connectivity index (χ1) is 11.5. The van der Waals surface area contributed by atoms with E-state index in [1.165, 1.54) is 7.11 Å². The first-order valence-electron chi connectivity index (χ1n) is 6.79. The molecule has 2 aromatic heterocycles. The number of halogens is 1. The van der Waals surface area contributed by atoms with Crippen molar-refractivity contribution in [1.29, 1.82) is 0 Å². The Morgan fingerprint density at radius 1 is 1.21 bits per heavy atom. The lowest BCUT2D eigenvalue weighted by Gasteiger charge is -2.05. The molecule has 0 unspecified atom stereocenters. The van der Waals surface area contributed by atoms with Crippen LogP contribution in [0.5, 0.6) is 11.5 Å². The van der Waals surface area contributed by atoms with E-state index in [0.717, 1.165) is 5.82 Å². The number of methoxy groups -OCH3 is 1. The van der Waals surface area contributed by atoms with Crippen LogP contribution < -0.4 is 16.2 Å². The number of H-pyrrole nitrogens is 2. The van der Waals surface area contributed by atoms with E-state index < -0.39 is 0 Å². The molecule has 3 rings (SSSR count). The lowest BCUT2D eigenvalue weighted by Crippen LogP contribution is -1.89. The second-order valence-electron chi connectivity index (χ2n) is 4.59. The Morgan fingerprint density at radius 3 is 2.54 bits per heavy atom. The second kappa shape index (κ2) is 8.06. The van der Waals surface area contributed by atoms with Gasteiger partial charge in [-0.2, -0.15) is 0 Å². The molecule has 1 aromatic carbocycles. The normalized spacial score (nSPS) is 10.4. The molecule has 126 valence electrons. The fraction of sp³-hybridized carbons (Fsp3) is 0.0667. The van der Waals surface area contributed by atoms with Crippen LogP contribution in [0.3, 0.4) is 0 Å². The van der Waals surface area contributed by atoms with Crippen LogP contribution in [0.25, 0.3) is 12.2 Å². The Labute approximate surface area is 146 Å². The summed E-state index contributed by atoms with van der Waals surface area (Å²) in [6.07, 6.45) is 8.64. The minimum atomic E-state index is 0.0710. The number of phenols is 1. The number of rotatable bonds is 3. The Morgan fingerprint density at radius 2 is 1.96 bits per heavy atom. The predicted molar refractivity (Wildman–Crippen MR) is 97.3 cm³/mol. The van der Waals surface area contributed by atoms with Gasteiger partial charge in [-0.3, -0.25) is 0 Å². The summed E-state index contributed by atoms with van der Waals surface area (Å²) in [6, 6.07) is 3.16. The minimum absolute atomic E-state index is 0.0710. The monoisotopic (exact) mass is 392 g/mol. The van der Waals surface area contributed by atoms with Crippen molar-refractivity contribution >= 4 is 39.6 Å².